The van der Waals surface area contributed by atoms with Crippen molar-refractivity contribution in [1.29, 1.82) is 0 Å². The van der Waals surface area contributed by atoms with Gasteiger partial charge in [0.1, 0.15) is 11.2 Å². The molecule has 2 heterocycles. The Balaban J connectivity index is 1.71. The molecule has 144 valence electrons. The summed E-state index contributed by atoms with van der Waals surface area (Å²) < 4.78 is 40.4. The molecule has 3 rings (SSSR count). The Morgan fingerprint density at radius 3 is 2.63 bits per heavy atom. The number of pyridine rings is 1. The van der Waals surface area contributed by atoms with Crippen molar-refractivity contribution in [2.75, 3.05) is 5.32 Å². The minimum absolute atomic E-state index is 0.347. The maximum atomic E-state index is 12.6. The first-order chi connectivity index (χ1) is 12.9. The standard InChI is InChI=1S/C18H19BrF3N5/c1-2-3-4-9-27-14-7-6-13(16(19)17(14)25-26-27)23-10-12-5-8-15(24-11-12)18(20,21)22/h5-8,11,23H,2-4,9-10H2,1H3. The van der Waals surface area contributed by atoms with Crippen molar-refractivity contribution in [2.24, 2.45) is 0 Å². The van der Waals surface area contributed by atoms with Crippen molar-refractivity contribution in [3.63, 3.8) is 0 Å². The summed E-state index contributed by atoms with van der Waals surface area (Å²) in [4.78, 5) is 3.47. The van der Waals surface area contributed by atoms with E-state index in [1.807, 2.05) is 16.8 Å². The molecule has 5 nitrogen and oxygen atoms in total. The monoisotopic (exact) mass is 441 g/mol. The number of benzene rings is 1. The zero-order valence-corrected chi connectivity index (χ0v) is 16.3. The van der Waals surface area contributed by atoms with Gasteiger partial charge >= 0.3 is 6.18 Å². The summed E-state index contributed by atoms with van der Waals surface area (Å²) in [6.07, 6.45) is 0.134. The molecule has 27 heavy (non-hydrogen) atoms. The van der Waals surface area contributed by atoms with Gasteiger partial charge in [-0.25, -0.2) is 4.68 Å². The third-order valence-corrected chi connectivity index (χ3v) is 5.00. The number of anilines is 1. The highest BCUT2D eigenvalue weighted by Crippen LogP contribution is 2.31. The Kier molecular flexibility index (Phi) is 5.98. The molecule has 0 radical (unpaired) electrons. The van der Waals surface area contributed by atoms with Crippen LogP contribution in [0.2, 0.25) is 0 Å². The van der Waals surface area contributed by atoms with E-state index in [4.69, 9.17) is 0 Å². The molecule has 0 unspecified atom stereocenters. The van der Waals surface area contributed by atoms with Gasteiger partial charge in [0.25, 0.3) is 0 Å². The van der Waals surface area contributed by atoms with Gasteiger partial charge in [-0.1, -0.05) is 31.0 Å². The minimum atomic E-state index is -4.43. The van der Waals surface area contributed by atoms with Gasteiger partial charge in [0, 0.05) is 19.3 Å². The van der Waals surface area contributed by atoms with E-state index in [0.29, 0.717) is 12.1 Å². The van der Waals surface area contributed by atoms with Gasteiger partial charge in [-0.3, -0.25) is 4.98 Å². The fourth-order valence-corrected chi connectivity index (χ4v) is 3.27. The molecule has 0 aliphatic carbocycles. The second-order valence-electron chi connectivity index (χ2n) is 6.22. The Hall–Kier alpha value is -2.16. The van der Waals surface area contributed by atoms with Gasteiger partial charge in [0.15, 0.2) is 0 Å². The summed E-state index contributed by atoms with van der Waals surface area (Å²) in [6, 6.07) is 6.25. The van der Waals surface area contributed by atoms with Gasteiger partial charge < -0.3 is 5.32 Å². The second-order valence-corrected chi connectivity index (χ2v) is 7.01. The molecule has 3 aromatic rings. The lowest BCUT2D eigenvalue weighted by molar-refractivity contribution is -0.141. The number of alkyl halides is 3. The summed E-state index contributed by atoms with van der Waals surface area (Å²) in [5.41, 5.74) is 2.25. The number of unbranched alkanes of at least 4 members (excludes halogenated alkanes) is 2. The lowest BCUT2D eigenvalue weighted by Gasteiger charge is -2.10. The highest BCUT2D eigenvalue weighted by Gasteiger charge is 2.31. The average molecular weight is 442 g/mol. The van der Waals surface area contributed by atoms with E-state index in [9.17, 15) is 13.2 Å². The Labute approximate surface area is 163 Å². The first kappa shape index (κ1) is 19.6. The summed E-state index contributed by atoms with van der Waals surface area (Å²) >= 11 is 3.55. The largest absolute Gasteiger partial charge is 0.433 e. The van der Waals surface area contributed by atoms with Crippen molar-refractivity contribution in [3.8, 4) is 0 Å². The zero-order valence-electron chi connectivity index (χ0n) is 14.7. The number of aromatic nitrogens is 4. The molecule has 0 atom stereocenters. The molecule has 1 aromatic carbocycles. The Bertz CT molecular complexity index is 906. The molecular formula is C18H19BrF3N5. The summed E-state index contributed by atoms with van der Waals surface area (Å²) in [5.74, 6) is 0. The predicted molar refractivity (Wildman–Crippen MR) is 101 cm³/mol. The first-order valence-electron chi connectivity index (χ1n) is 8.68. The lowest BCUT2D eigenvalue weighted by Crippen LogP contribution is -2.08. The van der Waals surface area contributed by atoms with Gasteiger partial charge in [-0.05, 0) is 46.1 Å². The van der Waals surface area contributed by atoms with Crippen molar-refractivity contribution in [2.45, 2.75) is 45.5 Å². The number of nitrogens with one attached hydrogen (secondary N) is 1. The van der Waals surface area contributed by atoms with Crippen LogP contribution in [0.1, 0.15) is 37.4 Å². The topological polar surface area (TPSA) is 55.6 Å². The van der Waals surface area contributed by atoms with Crippen LogP contribution in [-0.2, 0) is 19.3 Å². The summed E-state index contributed by atoms with van der Waals surface area (Å²) in [6.45, 7) is 3.32. The SMILES string of the molecule is CCCCCn1nnc2c(Br)c(NCc3ccc(C(F)(F)F)nc3)ccc21. The maximum Gasteiger partial charge on any atom is 0.433 e. The van der Waals surface area contributed by atoms with Gasteiger partial charge in [0.2, 0.25) is 0 Å². The van der Waals surface area contributed by atoms with Crippen LogP contribution >= 0.6 is 15.9 Å². The molecule has 0 saturated carbocycles. The summed E-state index contributed by atoms with van der Waals surface area (Å²) in [5, 5.41) is 11.6. The van der Waals surface area contributed by atoms with Crippen molar-refractivity contribution < 1.29 is 13.2 Å². The van der Waals surface area contributed by atoms with Crippen LogP contribution < -0.4 is 5.32 Å². The number of hydrogen-bond donors (Lipinski definition) is 1. The molecule has 0 saturated heterocycles. The van der Waals surface area contributed by atoms with Gasteiger partial charge in [-0.15, -0.1) is 5.10 Å². The van der Waals surface area contributed by atoms with E-state index in [0.717, 1.165) is 53.1 Å². The van der Waals surface area contributed by atoms with Crippen LogP contribution in [-0.4, -0.2) is 20.0 Å². The molecule has 0 aliphatic rings. The first-order valence-corrected chi connectivity index (χ1v) is 9.47. The normalized spacial score (nSPS) is 11.9. The van der Waals surface area contributed by atoms with E-state index in [2.05, 4.69) is 43.5 Å². The lowest BCUT2D eigenvalue weighted by atomic mass is 10.2. The number of aryl methyl sites for hydroxylation is 1. The third-order valence-electron chi connectivity index (χ3n) is 4.20. The third kappa shape index (κ3) is 4.58. The number of hydrogen-bond acceptors (Lipinski definition) is 4. The van der Waals surface area contributed by atoms with E-state index < -0.39 is 11.9 Å². The quantitative estimate of drug-likeness (QED) is 0.498. The summed E-state index contributed by atoms with van der Waals surface area (Å²) in [7, 11) is 0. The van der Waals surface area contributed by atoms with E-state index >= 15 is 0 Å². The Morgan fingerprint density at radius 2 is 1.96 bits per heavy atom. The van der Waals surface area contributed by atoms with E-state index in [1.54, 1.807) is 0 Å². The van der Waals surface area contributed by atoms with Crippen molar-refractivity contribution >= 4 is 32.7 Å². The molecule has 0 fully saturated rings. The van der Waals surface area contributed by atoms with Gasteiger partial charge in [-0.2, -0.15) is 13.2 Å². The molecule has 0 spiro atoms. The van der Waals surface area contributed by atoms with Crippen molar-refractivity contribution in [1.82, 2.24) is 20.0 Å². The van der Waals surface area contributed by atoms with Crippen LogP contribution in [0, 0.1) is 0 Å². The molecule has 0 bridgehead atoms. The highest BCUT2D eigenvalue weighted by molar-refractivity contribution is 9.10. The molecular weight excluding hydrogens is 423 g/mol. The smallest absolute Gasteiger partial charge is 0.380 e. The highest BCUT2D eigenvalue weighted by atomic mass is 79.9. The number of rotatable bonds is 7. The van der Waals surface area contributed by atoms with Crippen LogP contribution in [0.4, 0.5) is 18.9 Å². The minimum Gasteiger partial charge on any atom is -0.380 e. The second kappa shape index (κ2) is 8.24. The molecule has 0 amide bonds. The number of fused-ring (bicyclic) bond motifs is 1. The van der Waals surface area contributed by atoms with Crippen LogP contribution in [0.3, 0.4) is 0 Å². The zero-order chi connectivity index (χ0) is 19.4. The van der Waals surface area contributed by atoms with Crippen LogP contribution in [0.5, 0.6) is 0 Å². The molecule has 9 heteroatoms. The molecule has 2 aromatic heterocycles. The van der Waals surface area contributed by atoms with Crippen molar-refractivity contribution in [3.05, 3.63) is 46.2 Å². The fourth-order valence-electron chi connectivity index (χ4n) is 2.71. The van der Waals surface area contributed by atoms with Crippen LogP contribution in [0.25, 0.3) is 11.0 Å². The number of nitrogens with zero attached hydrogens (tertiary/aromatic N) is 4. The van der Waals surface area contributed by atoms with E-state index in [-0.39, 0.29) is 0 Å². The molecule has 1 N–H and O–H groups in total. The predicted octanol–water partition coefficient (Wildman–Crippen LogP) is 5.41. The maximum absolute atomic E-state index is 12.6. The van der Waals surface area contributed by atoms with E-state index in [1.165, 1.54) is 12.3 Å². The van der Waals surface area contributed by atoms with Crippen LogP contribution in [0.15, 0.2) is 34.9 Å². The number of halogens is 4. The average Bonchev–Trinajstić information content (AvgIpc) is 3.05. The fraction of sp³-hybridized carbons (Fsp3) is 0.389. The Morgan fingerprint density at radius 1 is 1.15 bits per heavy atom. The molecule has 0 aliphatic heterocycles. The van der Waals surface area contributed by atoms with Gasteiger partial charge in [0.05, 0.1) is 15.7 Å².